The van der Waals surface area contributed by atoms with Crippen molar-refractivity contribution in [3.05, 3.63) is 59.2 Å². The van der Waals surface area contributed by atoms with Gasteiger partial charge < -0.3 is 0 Å². The molecule has 2 aromatic rings. The summed E-state index contributed by atoms with van der Waals surface area (Å²) in [4.78, 5) is 12.1. The first kappa shape index (κ1) is 13.9. The molecule has 0 amide bonds. The number of fused-ring (bicyclic) bond motifs is 2. The Kier molecular flexibility index (Phi) is 4.43. The Bertz CT molecular complexity index is 602. The van der Waals surface area contributed by atoms with E-state index in [1.807, 2.05) is 19.9 Å². The predicted molar refractivity (Wildman–Crippen MR) is 82.9 cm³/mol. The molecule has 1 heterocycles. The van der Waals surface area contributed by atoms with E-state index in [0.29, 0.717) is 5.78 Å². The molecule has 0 aliphatic carbocycles. The summed E-state index contributed by atoms with van der Waals surface area (Å²) in [5, 5.41) is 0. The highest BCUT2D eigenvalue weighted by atomic mass is 32.2. The van der Waals surface area contributed by atoms with Gasteiger partial charge >= 0.3 is 5.78 Å². The molecule has 1 nitrogen and oxygen atoms in total. The quantitative estimate of drug-likeness (QED) is 0.465. The van der Waals surface area contributed by atoms with Crippen LogP contribution >= 0.6 is 11.8 Å². The highest BCUT2D eigenvalue weighted by Crippen LogP contribution is 2.39. The fraction of sp³-hybridized carbons (Fsp3) is 0.235. The minimum absolute atomic E-state index is 0.382. The molecule has 0 radical (unpaired) electrons. The third-order valence-electron chi connectivity index (χ3n) is 3.06. The molecule has 0 saturated carbocycles. The lowest BCUT2D eigenvalue weighted by molar-refractivity contribution is 0.674. The second kappa shape index (κ2) is 6.07. The molecule has 1 aliphatic heterocycles. The van der Waals surface area contributed by atoms with Crippen molar-refractivity contribution in [3.8, 4) is 0 Å². The van der Waals surface area contributed by atoms with Crippen molar-refractivity contribution >= 4 is 17.5 Å². The first-order chi connectivity index (χ1) is 9.24. The van der Waals surface area contributed by atoms with Crippen LogP contribution in [0, 0.1) is 0 Å². The Labute approximate surface area is 119 Å². The Morgan fingerprint density at radius 2 is 1.68 bits per heavy atom. The minimum atomic E-state index is 0.382. The molecule has 2 aromatic carbocycles. The first-order valence-corrected chi connectivity index (χ1v) is 7.47. The number of carbonyl (C=O) groups excluding carboxylic acids is 1. The molecule has 3 rings (SSSR count). The molecule has 0 bridgehead atoms. The molecule has 1 aliphatic rings. The van der Waals surface area contributed by atoms with E-state index < -0.39 is 0 Å². The second-order valence-corrected chi connectivity index (χ2v) is 5.38. The number of rotatable bonds is 1. The van der Waals surface area contributed by atoms with Crippen LogP contribution in [-0.4, -0.2) is 10.6 Å². The molecule has 0 aromatic heterocycles. The summed E-state index contributed by atoms with van der Waals surface area (Å²) in [6.07, 6.45) is 0.989. The van der Waals surface area contributed by atoms with E-state index in [4.69, 9.17) is 0 Å². The van der Waals surface area contributed by atoms with E-state index in [1.165, 1.54) is 20.9 Å². The maximum atomic E-state index is 9.53. The topological polar surface area (TPSA) is 21.4 Å². The van der Waals surface area contributed by atoms with Crippen molar-refractivity contribution in [1.82, 2.24) is 0 Å². The molecule has 1 N–H and O–H groups in total. The molecule has 98 valence electrons. The van der Waals surface area contributed by atoms with Crippen LogP contribution in [0.1, 0.15) is 37.5 Å². The average Bonchev–Trinajstić information content (AvgIpc) is 2.46. The molecular formula is C17H19OS+. The standard InChI is InChI=1S/C15H12OS.C2H6/c1-10(16)11-6-7-13-8-12-4-2-3-5-14(12)17-15(13)9-11;1-2/h2-7,9H,8H2,1H3;1-2H3/p+1. The highest BCUT2D eigenvalue weighted by molar-refractivity contribution is 7.99. The maximum Gasteiger partial charge on any atom is 0.320 e. The van der Waals surface area contributed by atoms with Gasteiger partial charge in [-0.3, -0.25) is 4.79 Å². The molecule has 0 unspecified atom stereocenters. The summed E-state index contributed by atoms with van der Waals surface area (Å²) >= 11 is 1.79. The van der Waals surface area contributed by atoms with Crippen molar-refractivity contribution in [1.29, 1.82) is 0 Å². The van der Waals surface area contributed by atoms with E-state index in [0.717, 1.165) is 12.0 Å². The van der Waals surface area contributed by atoms with Gasteiger partial charge in [-0.15, -0.1) is 0 Å². The van der Waals surface area contributed by atoms with E-state index in [1.54, 1.807) is 18.7 Å². The first-order valence-electron chi connectivity index (χ1n) is 6.65. The third kappa shape index (κ3) is 2.90. The SMILES string of the molecule is CC.CC(=[OH+])c1ccc2c(c1)Sc1ccccc1C2. The van der Waals surface area contributed by atoms with Gasteiger partial charge in [-0.05, 0) is 35.7 Å². The summed E-state index contributed by atoms with van der Waals surface area (Å²) in [6, 6.07) is 14.7. The Hall–Kier alpha value is -1.54. The van der Waals surface area contributed by atoms with Crippen LogP contribution in [0.5, 0.6) is 0 Å². The third-order valence-corrected chi connectivity index (χ3v) is 4.28. The van der Waals surface area contributed by atoms with Crippen LogP contribution < -0.4 is 0 Å². The van der Waals surface area contributed by atoms with Crippen molar-refractivity contribution < 1.29 is 4.79 Å². The summed E-state index contributed by atoms with van der Waals surface area (Å²) in [5.41, 5.74) is 3.65. The Morgan fingerprint density at radius 1 is 1.00 bits per heavy atom. The van der Waals surface area contributed by atoms with E-state index in [2.05, 4.69) is 36.4 Å². The van der Waals surface area contributed by atoms with Crippen LogP contribution in [0.3, 0.4) is 0 Å². The summed E-state index contributed by atoms with van der Waals surface area (Å²) in [7, 11) is 0. The van der Waals surface area contributed by atoms with Gasteiger partial charge in [0, 0.05) is 9.79 Å². The average molecular weight is 271 g/mol. The normalized spacial score (nSPS) is 11.7. The molecule has 19 heavy (non-hydrogen) atoms. The van der Waals surface area contributed by atoms with E-state index >= 15 is 0 Å². The van der Waals surface area contributed by atoms with Gasteiger partial charge in [0.05, 0.1) is 12.5 Å². The van der Waals surface area contributed by atoms with Crippen LogP contribution in [0.15, 0.2) is 52.3 Å². The Balaban J connectivity index is 0.000000637. The Morgan fingerprint density at radius 3 is 2.42 bits per heavy atom. The fourth-order valence-electron chi connectivity index (χ4n) is 2.09. The molecule has 0 spiro atoms. The van der Waals surface area contributed by atoms with E-state index in [-0.39, 0.29) is 0 Å². The summed E-state index contributed by atoms with van der Waals surface area (Å²) in [5.74, 6) is 0.382. The number of ketones is 1. The van der Waals surface area contributed by atoms with Crippen molar-refractivity contribution in [2.24, 2.45) is 0 Å². The lowest BCUT2D eigenvalue weighted by atomic mass is 10.0. The van der Waals surface area contributed by atoms with Crippen LogP contribution in [-0.2, 0) is 6.42 Å². The monoisotopic (exact) mass is 271 g/mol. The minimum Gasteiger partial charge on any atom is -0.278 e. The zero-order valence-electron chi connectivity index (χ0n) is 11.6. The van der Waals surface area contributed by atoms with Gasteiger partial charge in [0.2, 0.25) is 0 Å². The second-order valence-electron chi connectivity index (χ2n) is 4.29. The fourth-order valence-corrected chi connectivity index (χ4v) is 3.21. The molecule has 0 saturated heterocycles. The predicted octanol–water partition coefficient (Wildman–Crippen LogP) is 4.68. The number of benzene rings is 2. The van der Waals surface area contributed by atoms with Crippen molar-refractivity contribution in [2.45, 2.75) is 37.0 Å². The summed E-state index contributed by atoms with van der Waals surface area (Å²) < 4.78 is 0. The zero-order valence-corrected chi connectivity index (χ0v) is 12.4. The summed E-state index contributed by atoms with van der Waals surface area (Å²) in [6.45, 7) is 5.73. The van der Waals surface area contributed by atoms with Crippen LogP contribution in [0.2, 0.25) is 0 Å². The van der Waals surface area contributed by atoms with Crippen LogP contribution in [0.25, 0.3) is 0 Å². The lowest BCUT2D eigenvalue weighted by Gasteiger charge is -2.18. The van der Waals surface area contributed by atoms with Crippen molar-refractivity contribution in [3.63, 3.8) is 0 Å². The number of hydrogen-bond acceptors (Lipinski definition) is 1. The van der Waals surface area contributed by atoms with Gasteiger partial charge in [0.1, 0.15) is 0 Å². The zero-order chi connectivity index (χ0) is 13.8. The van der Waals surface area contributed by atoms with Gasteiger partial charge in [-0.1, -0.05) is 49.9 Å². The number of hydrogen-bond donors (Lipinski definition) is 0. The maximum absolute atomic E-state index is 9.53. The van der Waals surface area contributed by atoms with Gasteiger partial charge in [-0.2, -0.15) is 0 Å². The van der Waals surface area contributed by atoms with E-state index in [9.17, 15) is 4.79 Å². The molecule has 0 fully saturated rings. The molecule has 2 heteroatoms. The van der Waals surface area contributed by atoms with Gasteiger partial charge in [-0.25, -0.2) is 0 Å². The van der Waals surface area contributed by atoms with Gasteiger partial charge in [0.15, 0.2) is 0 Å². The van der Waals surface area contributed by atoms with Crippen LogP contribution in [0.4, 0.5) is 0 Å². The smallest absolute Gasteiger partial charge is 0.278 e. The molecule has 0 atom stereocenters. The van der Waals surface area contributed by atoms with Crippen molar-refractivity contribution in [2.75, 3.05) is 0 Å². The van der Waals surface area contributed by atoms with Gasteiger partial charge in [0.25, 0.3) is 0 Å². The lowest BCUT2D eigenvalue weighted by Crippen LogP contribution is -2.02. The molecular weight excluding hydrogens is 252 g/mol. The largest absolute Gasteiger partial charge is 0.320 e. The highest BCUT2D eigenvalue weighted by Gasteiger charge is 2.17.